The number of rotatable bonds is 3. The van der Waals surface area contributed by atoms with E-state index in [0.717, 1.165) is 0 Å². The Morgan fingerprint density at radius 2 is 1.89 bits per heavy atom. The molecule has 92 valence electrons. The van der Waals surface area contributed by atoms with Gasteiger partial charge in [-0.05, 0) is 12.1 Å². The van der Waals surface area contributed by atoms with Crippen molar-refractivity contribution in [2.75, 3.05) is 5.32 Å². The first-order chi connectivity index (χ1) is 8.68. The van der Waals surface area contributed by atoms with Crippen LogP contribution in [-0.4, -0.2) is 24.6 Å². The van der Waals surface area contributed by atoms with Crippen LogP contribution in [0.25, 0.3) is 0 Å². The van der Waals surface area contributed by atoms with Crippen LogP contribution in [0.5, 0.6) is 0 Å². The molecule has 0 spiro atoms. The quantitative estimate of drug-likeness (QED) is 0.814. The summed E-state index contributed by atoms with van der Waals surface area (Å²) in [5, 5.41) is 2.54. The van der Waals surface area contributed by atoms with Crippen LogP contribution in [0.1, 0.15) is 10.4 Å². The van der Waals surface area contributed by atoms with Crippen molar-refractivity contribution in [3.05, 3.63) is 48.5 Å². The molecule has 1 atom stereocenters. The highest BCUT2D eigenvalue weighted by Gasteiger charge is 2.11. The Bertz CT molecular complexity index is 589. The highest BCUT2D eigenvalue weighted by Crippen LogP contribution is 2.18. The molecule has 2 N–H and O–H groups in total. The Balaban J connectivity index is 2.25. The summed E-state index contributed by atoms with van der Waals surface area (Å²) < 4.78 is 20.2. The molecule has 0 saturated carbocycles. The van der Waals surface area contributed by atoms with Gasteiger partial charge in [-0.25, -0.2) is 14.2 Å². The lowest BCUT2D eigenvalue weighted by molar-refractivity contribution is 0.102. The summed E-state index contributed by atoms with van der Waals surface area (Å²) >= 11 is -2.16. The second-order valence-corrected chi connectivity index (χ2v) is 4.26. The number of anilines is 1. The largest absolute Gasteiger partial charge is 0.321 e. The molecule has 0 aliphatic heterocycles. The van der Waals surface area contributed by atoms with Gasteiger partial charge in [0.1, 0.15) is 6.33 Å². The van der Waals surface area contributed by atoms with Crippen molar-refractivity contribution in [3.63, 3.8) is 0 Å². The summed E-state index contributed by atoms with van der Waals surface area (Å²) in [5.74, 6) is -0.437. The van der Waals surface area contributed by atoms with Gasteiger partial charge in [0.2, 0.25) is 0 Å². The molecule has 0 saturated heterocycles. The molecule has 7 heteroatoms. The van der Waals surface area contributed by atoms with Crippen LogP contribution < -0.4 is 5.32 Å². The van der Waals surface area contributed by atoms with E-state index in [1.807, 2.05) is 0 Å². The van der Waals surface area contributed by atoms with Crippen molar-refractivity contribution in [2.24, 2.45) is 0 Å². The second-order valence-electron chi connectivity index (χ2n) is 3.33. The highest BCUT2D eigenvalue weighted by atomic mass is 32.2. The second kappa shape index (κ2) is 5.48. The molecule has 1 amide bonds. The normalized spacial score (nSPS) is 11.8. The van der Waals surface area contributed by atoms with E-state index in [0.29, 0.717) is 0 Å². The third kappa shape index (κ3) is 2.76. The Morgan fingerprint density at radius 1 is 1.22 bits per heavy atom. The lowest BCUT2D eigenvalue weighted by Gasteiger charge is -2.07. The summed E-state index contributed by atoms with van der Waals surface area (Å²) in [5.41, 5.74) is 0.559. The van der Waals surface area contributed by atoms with Gasteiger partial charge >= 0.3 is 0 Å². The van der Waals surface area contributed by atoms with Crippen molar-refractivity contribution in [1.82, 2.24) is 9.97 Å². The van der Waals surface area contributed by atoms with Gasteiger partial charge in [0.25, 0.3) is 5.91 Å². The van der Waals surface area contributed by atoms with Gasteiger partial charge in [-0.1, -0.05) is 12.1 Å². The van der Waals surface area contributed by atoms with E-state index in [1.54, 1.807) is 18.2 Å². The van der Waals surface area contributed by atoms with Crippen molar-refractivity contribution >= 4 is 22.7 Å². The fourth-order valence-electron chi connectivity index (χ4n) is 1.33. The van der Waals surface area contributed by atoms with Crippen LogP contribution >= 0.6 is 0 Å². The summed E-state index contributed by atoms with van der Waals surface area (Å²) in [7, 11) is 0. The Kier molecular flexibility index (Phi) is 3.75. The molecule has 0 bridgehead atoms. The van der Waals surface area contributed by atoms with Gasteiger partial charge in [-0.2, -0.15) is 0 Å². The molecule has 6 nitrogen and oxygen atoms in total. The summed E-state index contributed by atoms with van der Waals surface area (Å²) in [6.07, 6.45) is 4.04. The maximum atomic E-state index is 11.8. The number of carbonyl (C=O) groups excluding carboxylic acids is 1. The van der Waals surface area contributed by atoms with E-state index < -0.39 is 17.0 Å². The van der Waals surface area contributed by atoms with Crippen molar-refractivity contribution in [3.8, 4) is 0 Å². The van der Waals surface area contributed by atoms with E-state index in [9.17, 15) is 9.00 Å². The molecule has 18 heavy (non-hydrogen) atoms. The van der Waals surface area contributed by atoms with Gasteiger partial charge in [-0.3, -0.25) is 4.79 Å². The molecule has 1 aromatic heterocycles. The first kappa shape index (κ1) is 12.3. The first-order valence-corrected chi connectivity index (χ1v) is 6.05. The van der Waals surface area contributed by atoms with Gasteiger partial charge in [0.15, 0.2) is 11.1 Å². The van der Waals surface area contributed by atoms with E-state index in [-0.39, 0.29) is 16.1 Å². The molecule has 0 aliphatic rings. The number of nitrogens with one attached hydrogen (secondary N) is 1. The maximum absolute atomic E-state index is 11.8. The average Bonchev–Trinajstić information content (AvgIpc) is 2.40. The molecule has 1 aromatic carbocycles. The minimum atomic E-state index is -2.16. The Morgan fingerprint density at radius 3 is 2.56 bits per heavy atom. The number of benzene rings is 1. The zero-order valence-corrected chi connectivity index (χ0v) is 9.92. The number of amides is 1. The number of para-hydroxylation sites is 1. The number of aromatic nitrogens is 2. The predicted octanol–water partition coefficient (Wildman–Crippen LogP) is 1.31. The van der Waals surface area contributed by atoms with E-state index in [2.05, 4.69) is 15.3 Å². The molecule has 0 aliphatic carbocycles. The van der Waals surface area contributed by atoms with E-state index >= 15 is 0 Å². The number of carbonyl (C=O) groups is 1. The minimum absolute atomic E-state index is 0.141. The third-order valence-electron chi connectivity index (χ3n) is 2.15. The van der Waals surface area contributed by atoms with Gasteiger partial charge in [0.05, 0.1) is 16.1 Å². The zero-order chi connectivity index (χ0) is 13.0. The summed E-state index contributed by atoms with van der Waals surface area (Å²) in [4.78, 5) is 19.4. The van der Waals surface area contributed by atoms with Crippen LogP contribution in [0.4, 0.5) is 5.69 Å². The van der Waals surface area contributed by atoms with Crippen LogP contribution in [-0.2, 0) is 11.1 Å². The lowest BCUT2D eigenvalue weighted by atomic mass is 10.3. The fraction of sp³-hybridized carbons (Fsp3) is 0. The molecular weight excluding hydrogens is 254 g/mol. The van der Waals surface area contributed by atoms with Gasteiger partial charge < -0.3 is 9.87 Å². The topological polar surface area (TPSA) is 92.2 Å². The van der Waals surface area contributed by atoms with Crippen molar-refractivity contribution in [2.45, 2.75) is 4.90 Å². The predicted molar refractivity (Wildman–Crippen MR) is 65.5 cm³/mol. The van der Waals surface area contributed by atoms with Crippen LogP contribution in [0.2, 0.25) is 0 Å². The van der Waals surface area contributed by atoms with E-state index in [4.69, 9.17) is 4.55 Å². The summed E-state index contributed by atoms with van der Waals surface area (Å²) in [6.45, 7) is 0. The molecule has 0 fully saturated rings. The first-order valence-electron chi connectivity index (χ1n) is 4.94. The molecule has 2 aromatic rings. The minimum Gasteiger partial charge on any atom is -0.321 e. The Hall–Kier alpha value is -2.12. The molecule has 1 unspecified atom stereocenters. The van der Waals surface area contributed by atoms with Crippen molar-refractivity contribution < 1.29 is 13.6 Å². The number of nitrogens with zero attached hydrogens (tertiary/aromatic N) is 2. The molecule has 0 radical (unpaired) electrons. The van der Waals surface area contributed by atoms with Crippen molar-refractivity contribution in [1.29, 1.82) is 0 Å². The van der Waals surface area contributed by atoms with Crippen LogP contribution in [0.15, 0.2) is 47.9 Å². The monoisotopic (exact) mass is 263 g/mol. The summed E-state index contributed by atoms with van der Waals surface area (Å²) in [6, 6.07) is 6.29. The van der Waals surface area contributed by atoms with Gasteiger partial charge in [-0.15, -0.1) is 0 Å². The highest BCUT2D eigenvalue weighted by molar-refractivity contribution is 7.79. The smallest absolute Gasteiger partial charge is 0.258 e. The molecular formula is C11H9N3O3S. The SMILES string of the molecule is O=C(Nc1ccccc1S(=O)O)c1cncnc1. The Labute approximate surface area is 105 Å². The average molecular weight is 263 g/mol. The number of hydrogen-bond acceptors (Lipinski definition) is 4. The standard InChI is InChI=1S/C11H9N3O3S/c15-11(8-5-12-7-13-6-8)14-9-3-1-2-4-10(9)18(16)17/h1-7H,(H,14,15)(H,16,17). The third-order valence-corrected chi connectivity index (χ3v) is 2.88. The van der Waals surface area contributed by atoms with E-state index in [1.165, 1.54) is 24.8 Å². The number of hydrogen-bond donors (Lipinski definition) is 2. The van der Waals surface area contributed by atoms with Gasteiger partial charge in [0, 0.05) is 12.4 Å². The van der Waals surface area contributed by atoms with Crippen LogP contribution in [0.3, 0.4) is 0 Å². The molecule has 1 heterocycles. The zero-order valence-electron chi connectivity index (χ0n) is 9.11. The molecule has 2 rings (SSSR count). The lowest BCUT2D eigenvalue weighted by Crippen LogP contribution is -2.14. The fourth-order valence-corrected chi connectivity index (χ4v) is 1.84. The maximum Gasteiger partial charge on any atom is 0.258 e. The van der Waals surface area contributed by atoms with Crippen LogP contribution in [0, 0.1) is 0 Å².